The molecule has 4 N–H and O–H groups in total. The number of halogens is 1. The van der Waals surface area contributed by atoms with Crippen LogP contribution in [0.1, 0.15) is 19.3 Å². The van der Waals surface area contributed by atoms with Crippen molar-refractivity contribution in [3.63, 3.8) is 0 Å². The number of hydrogen-bond donors (Lipinski definition) is 2. The first-order valence-corrected chi connectivity index (χ1v) is 3.31. The van der Waals surface area contributed by atoms with Crippen molar-refractivity contribution in [3.05, 3.63) is 0 Å². The van der Waals surface area contributed by atoms with Crippen molar-refractivity contribution in [1.29, 1.82) is 0 Å². The average Bonchev–Trinajstić information content (AvgIpc) is 2.13. The molecule has 1 fully saturated rings. The van der Waals surface area contributed by atoms with Crippen molar-refractivity contribution >= 4 is 0 Å². The second-order valence-electron chi connectivity index (χ2n) is 2.86. The van der Waals surface area contributed by atoms with E-state index in [1.807, 2.05) is 0 Å². The molecule has 0 saturated heterocycles. The fourth-order valence-corrected chi connectivity index (χ4v) is 1.30. The molecule has 0 aromatic heterocycles. The molecule has 1 aliphatic rings. The predicted molar refractivity (Wildman–Crippen MR) is 34.7 cm³/mol. The Morgan fingerprint density at radius 1 is 1.67 bits per heavy atom. The number of hydrogen-bond acceptors (Lipinski definition) is 2. The van der Waals surface area contributed by atoms with Crippen molar-refractivity contribution in [2.24, 2.45) is 11.5 Å². The van der Waals surface area contributed by atoms with Crippen LogP contribution in [0.4, 0.5) is 4.39 Å². The van der Waals surface area contributed by atoms with E-state index in [9.17, 15) is 4.39 Å². The van der Waals surface area contributed by atoms with Crippen molar-refractivity contribution in [2.75, 3.05) is 6.54 Å². The third-order valence-corrected chi connectivity index (χ3v) is 1.96. The Morgan fingerprint density at radius 2 is 2.33 bits per heavy atom. The first-order chi connectivity index (χ1) is 4.16. The first-order valence-electron chi connectivity index (χ1n) is 3.31. The van der Waals surface area contributed by atoms with Crippen LogP contribution in [0.2, 0.25) is 0 Å². The Balaban J connectivity index is 2.45. The predicted octanol–water partition coefficient (Wildman–Crippen LogP) is 0.165. The van der Waals surface area contributed by atoms with E-state index in [2.05, 4.69) is 0 Å². The zero-order valence-electron chi connectivity index (χ0n) is 5.44. The molecule has 3 heteroatoms. The normalized spacial score (nSPS) is 43.7. The molecule has 54 valence electrons. The first kappa shape index (κ1) is 6.96. The Morgan fingerprint density at radius 3 is 2.56 bits per heavy atom. The molecule has 0 bridgehead atoms. The molecule has 0 aliphatic heterocycles. The summed E-state index contributed by atoms with van der Waals surface area (Å²) >= 11 is 0. The van der Waals surface area contributed by atoms with Crippen LogP contribution in [0.25, 0.3) is 0 Å². The third kappa shape index (κ3) is 1.40. The van der Waals surface area contributed by atoms with Crippen molar-refractivity contribution in [3.8, 4) is 0 Å². The van der Waals surface area contributed by atoms with Crippen LogP contribution in [-0.4, -0.2) is 18.3 Å². The van der Waals surface area contributed by atoms with Gasteiger partial charge in [0.05, 0.1) is 0 Å². The van der Waals surface area contributed by atoms with E-state index in [4.69, 9.17) is 11.5 Å². The van der Waals surface area contributed by atoms with Gasteiger partial charge in [0.2, 0.25) is 0 Å². The van der Waals surface area contributed by atoms with Crippen LogP contribution in [0.15, 0.2) is 0 Å². The SMILES string of the molecule is NC[C@@]1(F)CC[C@H](N)C1. The molecule has 9 heavy (non-hydrogen) atoms. The maximum Gasteiger partial charge on any atom is 0.124 e. The summed E-state index contributed by atoms with van der Waals surface area (Å²) in [4.78, 5) is 0. The van der Waals surface area contributed by atoms with Crippen LogP contribution in [0, 0.1) is 0 Å². The molecule has 1 aliphatic carbocycles. The lowest BCUT2D eigenvalue weighted by molar-refractivity contribution is 0.181. The summed E-state index contributed by atoms with van der Waals surface area (Å²) in [5, 5.41) is 0. The minimum absolute atomic E-state index is 0.0403. The number of nitrogens with two attached hydrogens (primary N) is 2. The standard InChI is InChI=1S/C6H13FN2/c7-6(4-8)2-1-5(9)3-6/h5H,1-4,8-9H2/t5-,6+/m0/s1. The highest BCUT2D eigenvalue weighted by Crippen LogP contribution is 2.31. The number of rotatable bonds is 1. The molecule has 0 spiro atoms. The van der Waals surface area contributed by atoms with E-state index >= 15 is 0 Å². The van der Waals surface area contributed by atoms with Crippen molar-refractivity contribution < 1.29 is 4.39 Å². The highest BCUT2D eigenvalue weighted by atomic mass is 19.1. The van der Waals surface area contributed by atoms with Gasteiger partial charge in [0.25, 0.3) is 0 Å². The molecular formula is C6H13FN2. The van der Waals surface area contributed by atoms with Gasteiger partial charge >= 0.3 is 0 Å². The van der Waals surface area contributed by atoms with E-state index in [-0.39, 0.29) is 12.6 Å². The molecule has 0 radical (unpaired) electrons. The van der Waals surface area contributed by atoms with Crippen LogP contribution >= 0.6 is 0 Å². The van der Waals surface area contributed by atoms with Crippen molar-refractivity contribution in [2.45, 2.75) is 31.0 Å². The summed E-state index contributed by atoms with van der Waals surface area (Å²) < 4.78 is 13.1. The molecule has 0 amide bonds. The van der Waals surface area contributed by atoms with Gasteiger partial charge < -0.3 is 11.5 Å². The van der Waals surface area contributed by atoms with Gasteiger partial charge in [0.15, 0.2) is 0 Å². The van der Waals surface area contributed by atoms with Gasteiger partial charge in [-0.15, -0.1) is 0 Å². The van der Waals surface area contributed by atoms with E-state index in [1.54, 1.807) is 0 Å². The van der Waals surface area contributed by atoms with Gasteiger partial charge in [-0.3, -0.25) is 0 Å². The lowest BCUT2D eigenvalue weighted by Crippen LogP contribution is -2.31. The van der Waals surface area contributed by atoms with Gasteiger partial charge in [0.1, 0.15) is 5.67 Å². The largest absolute Gasteiger partial charge is 0.328 e. The summed E-state index contributed by atoms with van der Waals surface area (Å²) in [6.07, 6.45) is 1.78. The topological polar surface area (TPSA) is 52.0 Å². The highest BCUT2D eigenvalue weighted by molar-refractivity contribution is 4.92. The zero-order chi connectivity index (χ0) is 6.91. The quantitative estimate of drug-likeness (QED) is 0.534. The zero-order valence-corrected chi connectivity index (χ0v) is 5.44. The highest BCUT2D eigenvalue weighted by Gasteiger charge is 2.36. The third-order valence-electron chi connectivity index (χ3n) is 1.96. The lowest BCUT2D eigenvalue weighted by atomic mass is 10.1. The Labute approximate surface area is 54.4 Å². The Kier molecular flexibility index (Phi) is 1.73. The summed E-state index contributed by atoms with van der Waals surface area (Å²) in [6.45, 7) is 0.126. The monoisotopic (exact) mass is 132 g/mol. The molecule has 2 atom stereocenters. The van der Waals surface area contributed by atoms with Crippen LogP contribution in [0.3, 0.4) is 0 Å². The molecule has 0 aromatic rings. The van der Waals surface area contributed by atoms with E-state index < -0.39 is 5.67 Å². The van der Waals surface area contributed by atoms with Crippen LogP contribution in [-0.2, 0) is 0 Å². The molecule has 0 aromatic carbocycles. The summed E-state index contributed by atoms with van der Waals surface area (Å²) in [6, 6.07) is 0.0403. The maximum absolute atomic E-state index is 13.1. The van der Waals surface area contributed by atoms with E-state index in [1.165, 1.54) is 0 Å². The van der Waals surface area contributed by atoms with Gasteiger partial charge in [-0.25, -0.2) is 4.39 Å². The van der Waals surface area contributed by atoms with Gasteiger partial charge in [-0.2, -0.15) is 0 Å². The van der Waals surface area contributed by atoms with Gasteiger partial charge in [-0.05, 0) is 19.3 Å². The fraction of sp³-hybridized carbons (Fsp3) is 1.00. The van der Waals surface area contributed by atoms with Gasteiger partial charge in [0, 0.05) is 12.6 Å². The molecule has 0 heterocycles. The second kappa shape index (κ2) is 2.23. The Hall–Kier alpha value is -0.150. The average molecular weight is 132 g/mol. The van der Waals surface area contributed by atoms with Gasteiger partial charge in [-0.1, -0.05) is 0 Å². The summed E-state index contributed by atoms with van der Waals surface area (Å²) in [7, 11) is 0. The lowest BCUT2D eigenvalue weighted by Gasteiger charge is -2.15. The Bertz CT molecular complexity index is 107. The van der Waals surface area contributed by atoms with E-state index in [0.29, 0.717) is 12.8 Å². The van der Waals surface area contributed by atoms with Crippen molar-refractivity contribution in [1.82, 2.24) is 0 Å². The molecule has 0 unspecified atom stereocenters. The minimum Gasteiger partial charge on any atom is -0.328 e. The van der Waals surface area contributed by atoms with Crippen LogP contribution < -0.4 is 11.5 Å². The van der Waals surface area contributed by atoms with Crippen LogP contribution in [0.5, 0.6) is 0 Å². The molecule has 1 saturated carbocycles. The van der Waals surface area contributed by atoms with E-state index in [0.717, 1.165) is 6.42 Å². The molecule has 1 rings (SSSR count). The summed E-state index contributed by atoms with van der Waals surface area (Å²) in [5.74, 6) is 0. The smallest absolute Gasteiger partial charge is 0.124 e. The maximum atomic E-state index is 13.1. The number of alkyl halides is 1. The minimum atomic E-state index is -1.14. The second-order valence-corrected chi connectivity index (χ2v) is 2.86. The molecular weight excluding hydrogens is 119 g/mol. The molecule has 2 nitrogen and oxygen atoms in total. The summed E-state index contributed by atoms with van der Waals surface area (Å²) in [5.41, 5.74) is 9.55. The fourth-order valence-electron chi connectivity index (χ4n) is 1.30.